The summed E-state index contributed by atoms with van der Waals surface area (Å²) in [5.41, 5.74) is -0.146. The molecule has 0 heterocycles. The van der Waals surface area contributed by atoms with E-state index in [0.717, 1.165) is 19.4 Å². The van der Waals surface area contributed by atoms with Crippen molar-refractivity contribution in [1.29, 1.82) is 0 Å². The van der Waals surface area contributed by atoms with Crippen molar-refractivity contribution in [2.75, 3.05) is 0 Å². The van der Waals surface area contributed by atoms with Crippen LogP contribution in [0, 0.1) is 0 Å². The Kier molecular flexibility index (Phi) is 0.952. The summed E-state index contributed by atoms with van der Waals surface area (Å²) in [7, 11) is -3.62. The van der Waals surface area contributed by atoms with Gasteiger partial charge in [-0.25, -0.2) is 0 Å². The Hall–Kier alpha value is 0.0769. The highest BCUT2D eigenvalue weighted by molar-refractivity contribution is 6.67. The second kappa shape index (κ2) is 1.28. The quantitative estimate of drug-likeness (QED) is 0.369. The molecule has 0 saturated heterocycles. The van der Waals surface area contributed by atoms with E-state index in [-0.39, 0.29) is 5.54 Å². The Morgan fingerprint density at radius 2 is 1.86 bits per heavy atom. The van der Waals surface area contributed by atoms with Crippen LogP contribution in [0.25, 0.3) is 0 Å². The average Bonchev–Trinajstić information content (AvgIpc) is 1.99. The average molecular weight is 122 g/mol. The van der Waals surface area contributed by atoms with Gasteiger partial charge in [-0.1, -0.05) is 0 Å². The molecule has 0 aromatic heterocycles. The van der Waals surface area contributed by atoms with Crippen molar-refractivity contribution in [3.05, 3.63) is 0 Å². The molecule has 1 aliphatic rings. The molecule has 1 aliphatic carbocycles. The van der Waals surface area contributed by atoms with E-state index >= 15 is 0 Å². The topological polar surface area (TPSA) is 0 Å². The highest BCUT2D eigenvalue weighted by Crippen LogP contribution is 2.46. The maximum atomic E-state index is 12.0. The Labute approximate surface area is 42.9 Å². The summed E-state index contributed by atoms with van der Waals surface area (Å²) in [5.74, 6) is 0. The summed E-state index contributed by atoms with van der Waals surface area (Å²) in [6, 6.07) is 0. The van der Waals surface area contributed by atoms with Gasteiger partial charge >= 0.3 is 8.74 Å². The van der Waals surface area contributed by atoms with Crippen molar-refractivity contribution < 1.29 is 8.22 Å². The van der Waals surface area contributed by atoms with Crippen molar-refractivity contribution in [3.8, 4) is 0 Å². The largest absolute Gasteiger partial charge is 0.425 e. The standard InChI is InChI=1S/C4H8F2Si/c1-7(5,6)4-2-3-4/h4H,2-3H2,1H3. The first kappa shape index (κ1) is 5.22. The summed E-state index contributed by atoms with van der Waals surface area (Å²) in [6.07, 6.45) is 1.57. The summed E-state index contributed by atoms with van der Waals surface area (Å²) < 4.78 is 24.1. The lowest BCUT2D eigenvalue weighted by Gasteiger charge is -1.99. The second-order valence-electron chi connectivity index (χ2n) is 2.23. The summed E-state index contributed by atoms with van der Waals surface area (Å²) >= 11 is 0. The molecule has 0 atom stereocenters. The Bertz CT molecular complexity index is 72.2. The molecule has 0 radical (unpaired) electrons. The lowest BCUT2D eigenvalue weighted by atomic mass is 11.0. The molecule has 42 valence electrons. The lowest BCUT2D eigenvalue weighted by molar-refractivity contribution is 0.604. The Balaban J connectivity index is 2.36. The number of hydrogen-bond donors (Lipinski definition) is 0. The molecule has 1 fully saturated rings. The number of halogens is 2. The van der Waals surface area contributed by atoms with E-state index in [4.69, 9.17) is 0 Å². The lowest BCUT2D eigenvalue weighted by Crippen LogP contribution is -2.15. The predicted molar refractivity (Wildman–Crippen MR) is 26.8 cm³/mol. The van der Waals surface area contributed by atoms with Gasteiger partial charge in [-0.05, 0) is 19.4 Å². The molecule has 0 bridgehead atoms. The fourth-order valence-corrected chi connectivity index (χ4v) is 1.77. The second-order valence-corrected chi connectivity index (χ2v) is 4.96. The van der Waals surface area contributed by atoms with Gasteiger partial charge in [0.05, 0.1) is 0 Å². The predicted octanol–water partition coefficient (Wildman–Crippen LogP) is 2.16. The third-order valence-corrected chi connectivity index (χ3v) is 3.31. The van der Waals surface area contributed by atoms with Crippen LogP contribution < -0.4 is 0 Å². The molecule has 0 N–H and O–H groups in total. The number of rotatable bonds is 1. The van der Waals surface area contributed by atoms with E-state index in [9.17, 15) is 8.22 Å². The molecule has 3 heteroatoms. The molecule has 0 nitrogen and oxygen atoms in total. The molecule has 0 unspecified atom stereocenters. The first-order valence-corrected chi connectivity index (χ1v) is 4.82. The molecule has 0 aromatic rings. The van der Waals surface area contributed by atoms with Gasteiger partial charge in [0.15, 0.2) is 0 Å². The van der Waals surface area contributed by atoms with Gasteiger partial charge in [-0.3, -0.25) is 8.22 Å². The zero-order valence-corrected chi connectivity index (χ0v) is 5.25. The van der Waals surface area contributed by atoms with Gasteiger partial charge < -0.3 is 0 Å². The monoisotopic (exact) mass is 122 g/mol. The summed E-state index contributed by atoms with van der Waals surface area (Å²) in [5, 5.41) is 0. The first-order valence-electron chi connectivity index (χ1n) is 2.48. The van der Waals surface area contributed by atoms with E-state index in [1.165, 1.54) is 0 Å². The zero-order chi connectivity index (χ0) is 5.49. The van der Waals surface area contributed by atoms with Crippen LogP contribution in [0.3, 0.4) is 0 Å². The minimum Gasteiger partial charge on any atom is -0.270 e. The molecule has 7 heavy (non-hydrogen) atoms. The van der Waals surface area contributed by atoms with Crippen molar-refractivity contribution in [2.24, 2.45) is 0 Å². The maximum absolute atomic E-state index is 12.0. The van der Waals surface area contributed by atoms with Crippen molar-refractivity contribution in [2.45, 2.75) is 24.9 Å². The van der Waals surface area contributed by atoms with Crippen LogP contribution in [-0.2, 0) is 0 Å². The van der Waals surface area contributed by atoms with Crippen LogP contribution in [0.2, 0.25) is 12.1 Å². The molecule has 1 saturated carbocycles. The third kappa shape index (κ3) is 1.23. The first-order chi connectivity index (χ1) is 3.11. The Morgan fingerprint density at radius 3 is 1.86 bits per heavy atom. The van der Waals surface area contributed by atoms with E-state index in [1.54, 1.807) is 0 Å². The summed E-state index contributed by atoms with van der Waals surface area (Å²) in [4.78, 5) is 0. The van der Waals surface area contributed by atoms with Crippen LogP contribution >= 0.6 is 0 Å². The van der Waals surface area contributed by atoms with Crippen molar-refractivity contribution in [3.63, 3.8) is 0 Å². The summed E-state index contributed by atoms with van der Waals surface area (Å²) in [6.45, 7) is 1.13. The normalized spacial score (nSPS) is 22.7. The van der Waals surface area contributed by atoms with Crippen LogP contribution in [0.15, 0.2) is 0 Å². The van der Waals surface area contributed by atoms with Gasteiger partial charge in [0.2, 0.25) is 0 Å². The SMILES string of the molecule is C[Si](F)(F)C1CC1. The molecule has 0 aliphatic heterocycles. The van der Waals surface area contributed by atoms with Crippen molar-refractivity contribution in [1.82, 2.24) is 0 Å². The molecular weight excluding hydrogens is 114 g/mol. The van der Waals surface area contributed by atoms with Gasteiger partial charge in [-0.2, -0.15) is 0 Å². The Morgan fingerprint density at radius 1 is 1.43 bits per heavy atom. The molecule has 1 rings (SSSR count). The van der Waals surface area contributed by atoms with Gasteiger partial charge in [-0.15, -0.1) is 0 Å². The smallest absolute Gasteiger partial charge is 0.270 e. The van der Waals surface area contributed by atoms with Crippen molar-refractivity contribution >= 4 is 8.74 Å². The van der Waals surface area contributed by atoms with E-state index in [2.05, 4.69) is 0 Å². The van der Waals surface area contributed by atoms with Gasteiger partial charge in [0.1, 0.15) is 0 Å². The van der Waals surface area contributed by atoms with Crippen LogP contribution in [0.4, 0.5) is 8.22 Å². The van der Waals surface area contributed by atoms with E-state index < -0.39 is 8.74 Å². The minimum atomic E-state index is -3.62. The molecular formula is C4H8F2Si. The van der Waals surface area contributed by atoms with Crippen LogP contribution in [0.5, 0.6) is 0 Å². The fraction of sp³-hybridized carbons (Fsp3) is 1.00. The highest BCUT2D eigenvalue weighted by Gasteiger charge is 2.46. The molecule has 0 spiro atoms. The minimum absolute atomic E-state index is 0.146. The van der Waals surface area contributed by atoms with Gasteiger partial charge in [0.25, 0.3) is 0 Å². The number of hydrogen-bond acceptors (Lipinski definition) is 0. The van der Waals surface area contributed by atoms with Gasteiger partial charge in [0, 0.05) is 5.54 Å². The van der Waals surface area contributed by atoms with Crippen LogP contribution in [0.1, 0.15) is 12.8 Å². The maximum Gasteiger partial charge on any atom is 0.425 e. The van der Waals surface area contributed by atoms with Crippen LogP contribution in [-0.4, -0.2) is 8.74 Å². The molecule has 0 amide bonds. The third-order valence-electron chi connectivity index (χ3n) is 1.29. The molecule has 0 aromatic carbocycles. The zero-order valence-electron chi connectivity index (χ0n) is 4.25. The van der Waals surface area contributed by atoms with E-state index in [0.29, 0.717) is 0 Å². The fourth-order valence-electron chi connectivity index (χ4n) is 0.590. The van der Waals surface area contributed by atoms with E-state index in [1.807, 2.05) is 0 Å². The highest BCUT2D eigenvalue weighted by atomic mass is 28.4.